The highest BCUT2D eigenvalue weighted by atomic mass is 31.1. The third-order valence-corrected chi connectivity index (χ3v) is 5.00. The van der Waals surface area contributed by atoms with E-state index in [0.29, 0.717) is 0 Å². The number of pyridine rings is 1. The van der Waals surface area contributed by atoms with Crippen molar-refractivity contribution < 1.29 is 0 Å². The Morgan fingerprint density at radius 1 is 0.650 bits per heavy atom. The molecular formula is C17H15N2P. The van der Waals surface area contributed by atoms with Crippen LogP contribution in [0.2, 0.25) is 0 Å². The monoisotopic (exact) mass is 278 g/mol. The van der Waals surface area contributed by atoms with Gasteiger partial charge in [0.05, 0.1) is 8.07 Å². The van der Waals surface area contributed by atoms with Gasteiger partial charge in [-0.15, -0.1) is 0 Å². The number of hydrogen-bond donors (Lipinski definition) is 1. The fraction of sp³-hybridized carbons (Fsp3) is 0. The topological polar surface area (TPSA) is 24.9 Å². The van der Waals surface area contributed by atoms with E-state index < -0.39 is 8.07 Å². The zero-order chi connectivity index (χ0) is 13.6. The van der Waals surface area contributed by atoms with Crippen LogP contribution >= 0.6 is 8.07 Å². The van der Waals surface area contributed by atoms with E-state index in [1.165, 1.54) is 10.6 Å². The molecule has 3 aromatic rings. The lowest BCUT2D eigenvalue weighted by atomic mass is 10.4. The average molecular weight is 278 g/mol. The summed E-state index contributed by atoms with van der Waals surface area (Å²) in [7, 11) is -0.640. The smallest absolute Gasteiger partial charge is 0.129 e. The number of benzene rings is 2. The molecule has 1 N–H and O–H groups in total. The van der Waals surface area contributed by atoms with Gasteiger partial charge < -0.3 is 5.09 Å². The highest BCUT2D eigenvalue weighted by Gasteiger charge is 2.13. The molecule has 1 aromatic heterocycles. The van der Waals surface area contributed by atoms with E-state index >= 15 is 0 Å². The van der Waals surface area contributed by atoms with E-state index in [-0.39, 0.29) is 0 Å². The Morgan fingerprint density at radius 3 is 1.70 bits per heavy atom. The summed E-state index contributed by atoms with van der Waals surface area (Å²) in [5.41, 5.74) is 0. The summed E-state index contributed by atoms with van der Waals surface area (Å²) >= 11 is 0. The van der Waals surface area contributed by atoms with Gasteiger partial charge in [-0.1, -0.05) is 66.7 Å². The summed E-state index contributed by atoms with van der Waals surface area (Å²) in [4.78, 5) is 4.37. The first-order valence-corrected chi connectivity index (χ1v) is 7.85. The first-order chi connectivity index (χ1) is 9.93. The van der Waals surface area contributed by atoms with Crippen molar-refractivity contribution in [3.63, 3.8) is 0 Å². The van der Waals surface area contributed by atoms with Gasteiger partial charge in [-0.05, 0) is 12.1 Å². The van der Waals surface area contributed by atoms with Gasteiger partial charge in [-0.3, -0.25) is 0 Å². The minimum Gasteiger partial charge on any atom is -0.342 e. The first kappa shape index (κ1) is 12.8. The van der Waals surface area contributed by atoms with Crippen LogP contribution in [0.15, 0.2) is 85.1 Å². The second kappa shape index (κ2) is 6.31. The maximum atomic E-state index is 4.37. The Balaban J connectivity index is 1.96. The lowest BCUT2D eigenvalue weighted by molar-refractivity contribution is 1.33. The van der Waals surface area contributed by atoms with Crippen LogP contribution in [0.1, 0.15) is 0 Å². The lowest BCUT2D eigenvalue weighted by Crippen LogP contribution is -2.17. The highest BCUT2D eigenvalue weighted by Crippen LogP contribution is 2.33. The second-order valence-corrected chi connectivity index (χ2v) is 6.26. The minimum atomic E-state index is -0.640. The van der Waals surface area contributed by atoms with Crippen molar-refractivity contribution >= 4 is 24.5 Å². The second-order valence-electron chi connectivity index (χ2n) is 4.33. The third-order valence-electron chi connectivity index (χ3n) is 2.92. The van der Waals surface area contributed by atoms with Crippen molar-refractivity contribution in [2.24, 2.45) is 0 Å². The molecule has 1 heterocycles. The summed E-state index contributed by atoms with van der Waals surface area (Å²) in [6, 6.07) is 27.0. The van der Waals surface area contributed by atoms with Crippen LogP contribution in [-0.4, -0.2) is 4.98 Å². The van der Waals surface area contributed by atoms with Crippen molar-refractivity contribution in [3.8, 4) is 0 Å². The molecule has 20 heavy (non-hydrogen) atoms. The molecule has 0 radical (unpaired) electrons. The number of nitrogens with zero attached hydrogens (tertiary/aromatic N) is 1. The van der Waals surface area contributed by atoms with E-state index in [4.69, 9.17) is 0 Å². The van der Waals surface area contributed by atoms with E-state index in [9.17, 15) is 0 Å². The maximum absolute atomic E-state index is 4.37. The molecule has 0 atom stereocenters. The molecule has 0 aliphatic heterocycles. The number of hydrogen-bond acceptors (Lipinski definition) is 2. The van der Waals surface area contributed by atoms with Gasteiger partial charge in [-0.2, -0.15) is 0 Å². The van der Waals surface area contributed by atoms with Gasteiger partial charge in [0.1, 0.15) is 5.82 Å². The van der Waals surface area contributed by atoms with Crippen molar-refractivity contribution in [2.45, 2.75) is 0 Å². The number of rotatable bonds is 4. The molecule has 0 saturated heterocycles. The van der Waals surface area contributed by atoms with Gasteiger partial charge in [0, 0.05) is 16.8 Å². The fourth-order valence-electron chi connectivity index (χ4n) is 1.98. The summed E-state index contributed by atoms with van der Waals surface area (Å²) in [6.07, 6.45) is 1.81. The van der Waals surface area contributed by atoms with Crippen LogP contribution in [0.4, 0.5) is 5.82 Å². The molecule has 0 spiro atoms. The van der Waals surface area contributed by atoms with E-state index in [1.807, 2.05) is 36.5 Å². The summed E-state index contributed by atoms with van der Waals surface area (Å²) in [6.45, 7) is 0. The van der Waals surface area contributed by atoms with Crippen LogP contribution in [0.5, 0.6) is 0 Å². The zero-order valence-corrected chi connectivity index (χ0v) is 11.9. The number of nitrogens with one attached hydrogen (secondary N) is 1. The Labute approximate surface area is 120 Å². The molecule has 0 aliphatic rings. The Morgan fingerprint density at radius 2 is 1.20 bits per heavy atom. The molecule has 2 aromatic carbocycles. The predicted molar refractivity (Wildman–Crippen MR) is 86.9 cm³/mol. The Bertz CT molecular complexity index is 602. The molecule has 0 unspecified atom stereocenters. The highest BCUT2D eigenvalue weighted by molar-refractivity contribution is 7.74. The molecule has 0 aliphatic carbocycles. The van der Waals surface area contributed by atoms with E-state index in [0.717, 1.165) is 5.82 Å². The molecule has 0 fully saturated rings. The van der Waals surface area contributed by atoms with Crippen LogP contribution in [0, 0.1) is 0 Å². The normalized spacial score (nSPS) is 10.4. The molecule has 98 valence electrons. The summed E-state index contributed by atoms with van der Waals surface area (Å²) in [5.74, 6) is 0.909. The van der Waals surface area contributed by atoms with Crippen LogP contribution in [-0.2, 0) is 0 Å². The lowest BCUT2D eigenvalue weighted by Gasteiger charge is -2.20. The average Bonchev–Trinajstić information content (AvgIpc) is 2.55. The molecule has 0 amide bonds. The first-order valence-electron chi connectivity index (χ1n) is 6.51. The van der Waals surface area contributed by atoms with Crippen molar-refractivity contribution in [1.82, 2.24) is 4.98 Å². The zero-order valence-electron chi connectivity index (χ0n) is 11.0. The standard InChI is InChI=1S/C17H15N2P/c1-3-9-15(10-4-1)20(16-11-5-2-6-12-16)19-17-13-7-8-14-18-17/h1-14H,(H,18,19). The summed E-state index contributed by atoms with van der Waals surface area (Å²) in [5, 5.41) is 6.15. The molecule has 0 saturated carbocycles. The Kier molecular flexibility index (Phi) is 4.05. The summed E-state index contributed by atoms with van der Waals surface area (Å²) < 4.78 is 0. The van der Waals surface area contributed by atoms with E-state index in [1.54, 1.807) is 0 Å². The van der Waals surface area contributed by atoms with Gasteiger partial charge >= 0.3 is 0 Å². The maximum Gasteiger partial charge on any atom is 0.129 e. The van der Waals surface area contributed by atoms with Crippen LogP contribution < -0.4 is 15.7 Å². The van der Waals surface area contributed by atoms with Crippen LogP contribution in [0.3, 0.4) is 0 Å². The number of anilines is 1. The van der Waals surface area contributed by atoms with Gasteiger partial charge in [0.15, 0.2) is 0 Å². The predicted octanol–water partition coefficient (Wildman–Crippen LogP) is 3.54. The molecule has 2 nitrogen and oxygen atoms in total. The number of aromatic nitrogens is 1. The van der Waals surface area contributed by atoms with Crippen molar-refractivity contribution in [2.75, 3.05) is 5.09 Å². The Hall–Kier alpha value is -2.18. The molecule has 0 bridgehead atoms. The molecule has 3 heteroatoms. The largest absolute Gasteiger partial charge is 0.342 e. The molecular weight excluding hydrogens is 263 g/mol. The quantitative estimate of drug-likeness (QED) is 0.738. The van der Waals surface area contributed by atoms with Gasteiger partial charge in [0.2, 0.25) is 0 Å². The van der Waals surface area contributed by atoms with Gasteiger partial charge in [0.25, 0.3) is 0 Å². The molecule has 3 rings (SSSR count). The van der Waals surface area contributed by atoms with Crippen molar-refractivity contribution in [1.29, 1.82) is 0 Å². The van der Waals surface area contributed by atoms with Gasteiger partial charge in [-0.25, -0.2) is 4.98 Å². The third kappa shape index (κ3) is 3.04. The minimum absolute atomic E-state index is 0.640. The SMILES string of the molecule is c1ccc(P(Nc2ccccn2)c2ccccc2)cc1. The fourth-order valence-corrected chi connectivity index (χ4v) is 3.83. The van der Waals surface area contributed by atoms with Crippen LogP contribution in [0.25, 0.3) is 0 Å². The van der Waals surface area contributed by atoms with E-state index in [2.05, 4.69) is 58.6 Å². The van der Waals surface area contributed by atoms with Crippen molar-refractivity contribution in [3.05, 3.63) is 85.1 Å².